The van der Waals surface area contributed by atoms with Crippen LogP contribution in [0.2, 0.25) is 0 Å². The smallest absolute Gasteiger partial charge is 0.261 e. The number of aryl methyl sites for hydroxylation is 1. The zero-order valence-electron chi connectivity index (χ0n) is 14.1. The van der Waals surface area contributed by atoms with Crippen molar-refractivity contribution in [2.75, 3.05) is 5.43 Å². The number of hydrazone groups is 1. The number of nitrogens with zero attached hydrogens (tertiary/aromatic N) is 4. The molecule has 0 unspecified atom stereocenters. The van der Waals surface area contributed by atoms with Crippen LogP contribution in [0.1, 0.15) is 22.5 Å². The van der Waals surface area contributed by atoms with Gasteiger partial charge in [-0.25, -0.2) is 9.67 Å². The van der Waals surface area contributed by atoms with Crippen LogP contribution >= 0.6 is 0 Å². The Hall–Kier alpha value is -3.16. The molecule has 2 heterocycles. The molecule has 0 bridgehead atoms. The van der Waals surface area contributed by atoms with Crippen molar-refractivity contribution in [3.8, 4) is 5.69 Å². The molecule has 0 atom stereocenters. The van der Waals surface area contributed by atoms with E-state index in [1.54, 1.807) is 6.21 Å². The minimum absolute atomic E-state index is 0.222. The molecular formula is C18H16F3N5. The highest BCUT2D eigenvalue weighted by molar-refractivity contribution is 5.83. The minimum atomic E-state index is -4.41. The number of hydrogen-bond acceptors (Lipinski definition) is 4. The molecule has 0 aliphatic carbocycles. The molecule has 0 amide bonds. The van der Waals surface area contributed by atoms with Crippen molar-refractivity contribution in [2.45, 2.75) is 20.0 Å². The summed E-state index contributed by atoms with van der Waals surface area (Å²) in [7, 11) is 0. The van der Waals surface area contributed by atoms with E-state index in [2.05, 4.69) is 20.6 Å². The van der Waals surface area contributed by atoms with Gasteiger partial charge >= 0.3 is 6.18 Å². The third-order valence-corrected chi connectivity index (χ3v) is 3.81. The maximum absolute atomic E-state index is 12.5. The maximum atomic E-state index is 12.5. The predicted octanol–water partition coefficient (Wildman–Crippen LogP) is 4.35. The number of pyridine rings is 1. The number of alkyl halides is 3. The van der Waals surface area contributed by atoms with Crippen LogP contribution in [0.5, 0.6) is 0 Å². The Kier molecular flexibility index (Phi) is 4.75. The summed E-state index contributed by atoms with van der Waals surface area (Å²) in [6.45, 7) is 3.79. The molecule has 3 aromatic rings. The second-order valence-electron chi connectivity index (χ2n) is 5.63. The van der Waals surface area contributed by atoms with Crippen molar-refractivity contribution in [3.05, 3.63) is 71.2 Å². The summed E-state index contributed by atoms with van der Waals surface area (Å²) in [6, 6.07) is 11.9. The summed E-state index contributed by atoms with van der Waals surface area (Å²) in [4.78, 5) is 3.71. The van der Waals surface area contributed by atoms with Crippen LogP contribution in [0.25, 0.3) is 5.69 Å². The first-order chi connectivity index (χ1) is 12.4. The van der Waals surface area contributed by atoms with E-state index in [4.69, 9.17) is 0 Å². The predicted molar refractivity (Wildman–Crippen MR) is 93.5 cm³/mol. The van der Waals surface area contributed by atoms with Crippen LogP contribution in [-0.4, -0.2) is 21.0 Å². The summed E-state index contributed by atoms with van der Waals surface area (Å²) < 4.78 is 39.4. The van der Waals surface area contributed by atoms with Crippen molar-refractivity contribution in [2.24, 2.45) is 5.10 Å². The van der Waals surface area contributed by atoms with Gasteiger partial charge in [-0.3, -0.25) is 5.43 Å². The van der Waals surface area contributed by atoms with Gasteiger partial charge in [-0.1, -0.05) is 18.2 Å². The normalized spacial score (nSPS) is 11.9. The van der Waals surface area contributed by atoms with E-state index < -0.39 is 11.7 Å². The number of halogens is 3. The Morgan fingerprint density at radius 1 is 1.08 bits per heavy atom. The van der Waals surface area contributed by atoms with Crippen molar-refractivity contribution in [1.82, 2.24) is 14.8 Å². The number of benzene rings is 1. The highest BCUT2D eigenvalue weighted by atomic mass is 19.4. The van der Waals surface area contributed by atoms with Gasteiger partial charge in [0.25, 0.3) is 0 Å². The third-order valence-electron chi connectivity index (χ3n) is 3.81. The van der Waals surface area contributed by atoms with Gasteiger partial charge in [0.2, 0.25) is 0 Å². The number of nitrogens with one attached hydrogen (secondary N) is 1. The fourth-order valence-corrected chi connectivity index (χ4v) is 2.45. The quantitative estimate of drug-likeness (QED) is 0.557. The van der Waals surface area contributed by atoms with E-state index >= 15 is 0 Å². The Bertz CT molecular complexity index is 912. The Balaban J connectivity index is 1.76. The maximum Gasteiger partial charge on any atom is 0.417 e. The third kappa shape index (κ3) is 3.74. The standard InChI is InChI=1S/C18H16F3N5/c1-12-16(13(2)26(25-12)15-6-4-3-5-7-15)11-23-24-17-9-8-14(10-22-17)18(19,20)21/h3-11H,1-2H3,(H,22,24)/b23-11-. The lowest BCUT2D eigenvalue weighted by Crippen LogP contribution is -2.05. The summed E-state index contributed by atoms with van der Waals surface area (Å²) in [6.07, 6.45) is -2.06. The second kappa shape index (κ2) is 6.99. The lowest BCUT2D eigenvalue weighted by molar-refractivity contribution is -0.137. The SMILES string of the molecule is Cc1nn(-c2ccccc2)c(C)c1/C=N\Nc1ccc(C(F)(F)F)cn1. The molecule has 0 aliphatic rings. The molecule has 0 aliphatic heterocycles. The molecule has 0 saturated carbocycles. The summed E-state index contributed by atoms with van der Waals surface area (Å²) >= 11 is 0. The zero-order valence-corrected chi connectivity index (χ0v) is 14.1. The van der Waals surface area contributed by atoms with Gasteiger partial charge in [-0.2, -0.15) is 23.4 Å². The average molecular weight is 359 g/mol. The first kappa shape index (κ1) is 17.7. The summed E-state index contributed by atoms with van der Waals surface area (Å²) in [5, 5.41) is 8.56. The van der Waals surface area contributed by atoms with Gasteiger partial charge in [0.15, 0.2) is 0 Å². The fourth-order valence-electron chi connectivity index (χ4n) is 2.45. The Morgan fingerprint density at radius 3 is 2.42 bits per heavy atom. The van der Waals surface area contributed by atoms with Crippen molar-refractivity contribution in [3.63, 3.8) is 0 Å². The monoisotopic (exact) mass is 359 g/mol. The van der Waals surface area contributed by atoms with Gasteiger partial charge in [-0.05, 0) is 38.1 Å². The van der Waals surface area contributed by atoms with E-state index in [1.165, 1.54) is 6.07 Å². The number of para-hydroxylation sites is 1. The Morgan fingerprint density at radius 2 is 1.81 bits per heavy atom. The van der Waals surface area contributed by atoms with Crippen LogP contribution < -0.4 is 5.43 Å². The lowest BCUT2D eigenvalue weighted by Gasteiger charge is -2.06. The van der Waals surface area contributed by atoms with Crippen LogP contribution in [0.3, 0.4) is 0 Å². The molecule has 0 radical (unpaired) electrons. The summed E-state index contributed by atoms with van der Waals surface area (Å²) in [5.41, 5.74) is 5.28. The molecule has 134 valence electrons. The molecule has 0 saturated heterocycles. The molecule has 0 spiro atoms. The molecule has 5 nitrogen and oxygen atoms in total. The first-order valence-corrected chi connectivity index (χ1v) is 7.80. The van der Waals surface area contributed by atoms with E-state index in [0.29, 0.717) is 0 Å². The molecule has 0 fully saturated rings. The first-order valence-electron chi connectivity index (χ1n) is 7.80. The average Bonchev–Trinajstić information content (AvgIpc) is 2.90. The van der Waals surface area contributed by atoms with Crippen LogP contribution in [0, 0.1) is 13.8 Å². The molecular weight excluding hydrogens is 343 g/mol. The molecule has 26 heavy (non-hydrogen) atoms. The molecule has 3 rings (SSSR count). The lowest BCUT2D eigenvalue weighted by atomic mass is 10.2. The second-order valence-corrected chi connectivity index (χ2v) is 5.63. The number of aromatic nitrogens is 3. The van der Waals surface area contributed by atoms with Crippen LogP contribution in [-0.2, 0) is 6.18 Å². The number of rotatable bonds is 4. The molecule has 2 aromatic heterocycles. The largest absolute Gasteiger partial charge is 0.417 e. The van der Waals surface area contributed by atoms with E-state index in [1.807, 2.05) is 48.9 Å². The number of anilines is 1. The van der Waals surface area contributed by atoms with E-state index in [0.717, 1.165) is 34.9 Å². The van der Waals surface area contributed by atoms with Crippen molar-refractivity contribution in [1.29, 1.82) is 0 Å². The number of hydrogen-bond donors (Lipinski definition) is 1. The highest BCUT2D eigenvalue weighted by Crippen LogP contribution is 2.28. The molecule has 1 N–H and O–H groups in total. The van der Waals surface area contributed by atoms with E-state index in [9.17, 15) is 13.2 Å². The Labute approximate surface area is 148 Å². The molecule has 8 heteroatoms. The van der Waals surface area contributed by atoms with Crippen molar-refractivity contribution >= 4 is 12.0 Å². The zero-order chi connectivity index (χ0) is 18.7. The fraction of sp³-hybridized carbons (Fsp3) is 0.167. The summed E-state index contributed by atoms with van der Waals surface area (Å²) in [5.74, 6) is 0.222. The van der Waals surface area contributed by atoms with E-state index in [-0.39, 0.29) is 5.82 Å². The topological polar surface area (TPSA) is 55.1 Å². The highest BCUT2D eigenvalue weighted by Gasteiger charge is 2.30. The van der Waals surface area contributed by atoms with Gasteiger partial charge in [-0.15, -0.1) is 0 Å². The minimum Gasteiger partial charge on any atom is -0.261 e. The van der Waals surface area contributed by atoms with Gasteiger partial charge < -0.3 is 0 Å². The van der Waals surface area contributed by atoms with Gasteiger partial charge in [0.1, 0.15) is 5.82 Å². The van der Waals surface area contributed by atoms with Crippen LogP contribution in [0.4, 0.5) is 19.0 Å². The molecule has 1 aromatic carbocycles. The van der Waals surface area contributed by atoms with Gasteiger partial charge in [0.05, 0.1) is 28.9 Å². The van der Waals surface area contributed by atoms with Crippen LogP contribution in [0.15, 0.2) is 53.8 Å². The van der Waals surface area contributed by atoms with Gasteiger partial charge in [0, 0.05) is 11.8 Å². The van der Waals surface area contributed by atoms with Crippen molar-refractivity contribution < 1.29 is 13.2 Å².